The van der Waals surface area contributed by atoms with Crippen molar-refractivity contribution in [1.29, 1.82) is 0 Å². The second kappa shape index (κ2) is 6.24. The van der Waals surface area contributed by atoms with Crippen molar-refractivity contribution in [3.05, 3.63) is 29.8 Å². The lowest BCUT2D eigenvalue weighted by Gasteiger charge is -2.37. The molecule has 0 bridgehead atoms. The lowest BCUT2D eigenvalue weighted by Crippen LogP contribution is -2.39. The Morgan fingerprint density at radius 3 is 2.78 bits per heavy atom. The van der Waals surface area contributed by atoms with Crippen LogP contribution in [0.5, 0.6) is 0 Å². The predicted octanol–water partition coefficient (Wildman–Crippen LogP) is 3.67. The lowest BCUT2D eigenvalue weighted by molar-refractivity contribution is 0.120. The summed E-state index contributed by atoms with van der Waals surface area (Å²) in [6.45, 7) is 3.35. The molecule has 2 atom stereocenters. The minimum absolute atomic E-state index is 0.755. The third kappa shape index (κ3) is 3.26. The number of nitrogens with two attached hydrogens (primary N) is 1. The SMILES string of the molecule is CCC1CCCCC1N(C)Cc1cccc(N)c1. The van der Waals surface area contributed by atoms with Crippen molar-refractivity contribution < 1.29 is 0 Å². The van der Waals surface area contributed by atoms with Crippen molar-refractivity contribution in [2.75, 3.05) is 12.8 Å². The largest absolute Gasteiger partial charge is 0.399 e. The minimum Gasteiger partial charge on any atom is -0.399 e. The smallest absolute Gasteiger partial charge is 0.0317 e. The zero-order chi connectivity index (χ0) is 13.0. The zero-order valence-corrected chi connectivity index (χ0v) is 11.7. The Morgan fingerprint density at radius 1 is 1.28 bits per heavy atom. The Labute approximate surface area is 111 Å². The molecule has 0 aromatic heterocycles. The molecule has 18 heavy (non-hydrogen) atoms. The van der Waals surface area contributed by atoms with Crippen molar-refractivity contribution in [2.45, 2.75) is 51.6 Å². The fourth-order valence-corrected chi connectivity index (χ4v) is 3.34. The van der Waals surface area contributed by atoms with Gasteiger partial charge in [0, 0.05) is 18.3 Å². The maximum atomic E-state index is 5.85. The average molecular weight is 246 g/mol. The van der Waals surface area contributed by atoms with Crippen LogP contribution in [0.3, 0.4) is 0 Å². The highest BCUT2D eigenvalue weighted by molar-refractivity contribution is 5.40. The fourth-order valence-electron chi connectivity index (χ4n) is 3.34. The molecular weight excluding hydrogens is 220 g/mol. The van der Waals surface area contributed by atoms with E-state index in [1.54, 1.807) is 0 Å². The van der Waals surface area contributed by atoms with Gasteiger partial charge in [0.2, 0.25) is 0 Å². The van der Waals surface area contributed by atoms with E-state index in [2.05, 4.69) is 37.1 Å². The summed E-state index contributed by atoms with van der Waals surface area (Å²) in [6.07, 6.45) is 6.88. The molecule has 0 heterocycles. The first-order valence-electron chi connectivity index (χ1n) is 7.25. The molecule has 0 aliphatic heterocycles. The van der Waals surface area contributed by atoms with Gasteiger partial charge in [-0.1, -0.05) is 38.3 Å². The van der Waals surface area contributed by atoms with Crippen LogP contribution >= 0.6 is 0 Å². The summed E-state index contributed by atoms with van der Waals surface area (Å²) in [5.41, 5.74) is 8.05. The van der Waals surface area contributed by atoms with Crippen LogP contribution < -0.4 is 5.73 Å². The van der Waals surface area contributed by atoms with Crippen LogP contribution in [0.15, 0.2) is 24.3 Å². The highest BCUT2D eigenvalue weighted by Crippen LogP contribution is 2.30. The Bertz CT molecular complexity index is 375. The van der Waals surface area contributed by atoms with Crippen molar-refractivity contribution in [3.63, 3.8) is 0 Å². The van der Waals surface area contributed by atoms with E-state index in [1.165, 1.54) is 37.7 Å². The number of benzene rings is 1. The molecule has 1 saturated carbocycles. The molecule has 100 valence electrons. The normalized spacial score (nSPS) is 24.4. The third-order valence-electron chi connectivity index (χ3n) is 4.34. The van der Waals surface area contributed by atoms with Gasteiger partial charge < -0.3 is 5.73 Å². The van der Waals surface area contributed by atoms with E-state index in [0.29, 0.717) is 0 Å². The predicted molar refractivity (Wildman–Crippen MR) is 78.4 cm³/mol. The van der Waals surface area contributed by atoms with Crippen LogP contribution in [-0.2, 0) is 6.54 Å². The molecule has 2 unspecified atom stereocenters. The molecule has 0 radical (unpaired) electrons. The Hall–Kier alpha value is -1.02. The molecule has 1 aromatic rings. The maximum Gasteiger partial charge on any atom is 0.0317 e. The molecule has 2 nitrogen and oxygen atoms in total. The van der Waals surface area contributed by atoms with E-state index >= 15 is 0 Å². The summed E-state index contributed by atoms with van der Waals surface area (Å²) in [7, 11) is 2.27. The number of hydrogen-bond donors (Lipinski definition) is 1. The van der Waals surface area contributed by atoms with Gasteiger partial charge in [0.25, 0.3) is 0 Å². The maximum absolute atomic E-state index is 5.85. The highest BCUT2D eigenvalue weighted by atomic mass is 15.1. The molecule has 1 fully saturated rings. The molecular formula is C16H26N2. The Balaban J connectivity index is 1.99. The average Bonchev–Trinajstić information content (AvgIpc) is 2.38. The molecule has 0 spiro atoms. The summed E-state index contributed by atoms with van der Waals surface area (Å²) in [6, 6.07) is 9.04. The molecule has 0 saturated heterocycles. The second-order valence-corrected chi connectivity index (χ2v) is 5.68. The lowest BCUT2D eigenvalue weighted by atomic mass is 9.82. The third-order valence-corrected chi connectivity index (χ3v) is 4.34. The van der Waals surface area contributed by atoms with Gasteiger partial charge in [-0.25, -0.2) is 0 Å². The quantitative estimate of drug-likeness (QED) is 0.821. The summed E-state index contributed by atoms with van der Waals surface area (Å²) in [4.78, 5) is 2.53. The zero-order valence-electron chi connectivity index (χ0n) is 11.7. The van der Waals surface area contributed by atoms with Crippen molar-refractivity contribution >= 4 is 5.69 Å². The molecule has 1 aliphatic rings. The monoisotopic (exact) mass is 246 g/mol. The van der Waals surface area contributed by atoms with Crippen LogP contribution in [0.4, 0.5) is 5.69 Å². The van der Waals surface area contributed by atoms with Gasteiger partial charge in [-0.3, -0.25) is 4.90 Å². The van der Waals surface area contributed by atoms with E-state index in [0.717, 1.165) is 24.2 Å². The van der Waals surface area contributed by atoms with Gasteiger partial charge >= 0.3 is 0 Å². The number of rotatable bonds is 4. The Morgan fingerprint density at radius 2 is 2.06 bits per heavy atom. The van der Waals surface area contributed by atoms with Crippen LogP contribution in [-0.4, -0.2) is 18.0 Å². The van der Waals surface area contributed by atoms with Gasteiger partial charge in [-0.2, -0.15) is 0 Å². The summed E-state index contributed by atoms with van der Waals surface area (Å²) in [5, 5.41) is 0. The Kier molecular flexibility index (Phi) is 4.65. The van der Waals surface area contributed by atoms with E-state index < -0.39 is 0 Å². The highest BCUT2D eigenvalue weighted by Gasteiger charge is 2.26. The van der Waals surface area contributed by atoms with Crippen molar-refractivity contribution in [2.24, 2.45) is 5.92 Å². The van der Waals surface area contributed by atoms with Gasteiger partial charge in [-0.05, 0) is 43.5 Å². The standard InChI is InChI=1S/C16H26N2/c1-3-14-8-4-5-10-16(14)18(2)12-13-7-6-9-15(17)11-13/h6-7,9,11,14,16H,3-5,8,10,12,17H2,1-2H3. The summed E-state index contributed by atoms with van der Waals surface area (Å²) >= 11 is 0. The first kappa shape index (κ1) is 13.4. The fraction of sp³-hybridized carbons (Fsp3) is 0.625. The first-order valence-corrected chi connectivity index (χ1v) is 7.25. The minimum atomic E-state index is 0.755. The number of anilines is 1. The van der Waals surface area contributed by atoms with Crippen molar-refractivity contribution in [1.82, 2.24) is 4.90 Å². The van der Waals surface area contributed by atoms with Gasteiger partial charge in [0.1, 0.15) is 0 Å². The number of hydrogen-bond acceptors (Lipinski definition) is 2. The van der Waals surface area contributed by atoms with Crippen molar-refractivity contribution in [3.8, 4) is 0 Å². The molecule has 0 amide bonds. The van der Waals surface area contributed by atoms with Crippen LogP contribution in [0.2, 0.25) is 0 Å². The van der Waals surface area contributed by atoms with E-state index in [4.69, 9.17) is 5.73 Å². The molecule has 2 N–H and O–H groups in total. The van der Waals surface area contributed by atoms with Crippen LogP contribution in [0, 0.1) is 5.92 Å². The van der Waals surface area contributed by atoms with E-state index in [1.807, 2.05) is 6.07 Å². The van der Waals surface area contributed by atoms with Crippen LogP contribution in [0.25, 0.3) is 0 Å². The van der Waals surface area contributed by atoms with Gasteiger partial charge in [0.05, 0.1) is 0 Å². The molecule has 1 aromatic carbocycles. The van der Waals surface area contributed by atoms with Crippen LogP contribution in [0.1, 0.15) is 44.6 Å². The molecule has 1 aliphatic carbocycles. The topological polar surface area (TPSA) is 29.3 Å². The van der Waals surface area contributed by atoms with E-state index in [-0.39, 0.29) is 0 Å². The summed E-state index contributed by atoms with van der Waals surface area (Å²) < 4.78 is 0. The number of nitrogens with zero attached hydrogens (tertiary/aromatic N) is 1. The van der Waals surface area contributed by atoms with Gasteiger partial charge in [-0.15, -0.1) is 0 Å². The van der Waals surface area contributed by atoms with E-state index in [9.17, 15) is 0 Å². The summed E-state index contributed by atoms with van der Waals surface area (Å²) in [5.74, 6) is 0.879. The van der Waals surface area contributed by atoms with Gasteiger partial charge in [0.15, 0.2) is 0 Å². The molecule has 2 rings (SSSR count). The first-order chi connectivity index (χ1) is 8.70. The molecule has 2 heteroatoms. The second-order valence-electron chi connectivity index (χ2n) is 5.68. The number of nitrogen functional groups attached to an aromatic ring is 1.